The zero-order chi connectivity index (χ0) is 16.4. The van der Waals surface area contributed by atoms with Crippen LogP contribution in [0.3, 0.4) is 0 Å². The van der Waals surface area contributed by atoms with Crippen molar-refractivity contribution in [1.29, 1.82) is 0 Å². The summed E-state index contributed by atoms with van der Waals surface area (Å²) in [5.74, 6) is 0. The van der Waals surface area contributed by atoms with Gasteiger partial charge in [-0.15, -0.1) is 0 Å². The second-order valence-electron chi connectivity index (χ2n) is 7.49. The summed E-state index contributed by atoms with van der Waals surface area (Å²) in [5, 5.41) is 8.86. The van der Waals surface area contributed by atoms with Gasteiger partial charge in [0.1, 0.15) is 0 Å². The molecule has 22 heavy (non-hydrogen) atoms. The molecule has 1 N–H and O–H groups in total. The highest BCUT2D eigenvalue weighted by Crippen LogP contribution is 2.51. The Morgan fingerprint density at radius 3 is 2.68 bits per heavy atom. The third kappa shape index (κ3) is 3.61. The van der Waals surface area contributed by atoms with Crippen LogP contribution in [-0.2, 0) is 4.74 Å². The van der Waals surface area contributed by atoms with Crippen molar-refractivity contribution in [2.75, 3.05) is 6.61 Å². The topological polar surface area (TPSA) is 29.5 Å². The first kappa shape index (κ1) is 17.2. The van der Waals surface area contributed by atoms with E-state index in [1.54, 1.807) is 6.08 Å². The van der Waals surface area contributed by atoms with Crippen LogP contribution in [0.1, 0.15) is 53.9 Å². The van der Waals surface area contributed by atoms with Gasteiger partial charge in [0, 0.05) is 0 Å². The number of aliphatic hydroxyl groups excluding tert-OH is 1. The van der Waals surface area contributed by atoms with Gasteiger partial charge in [-0.25, -0.2) is 0 Å². The highest BCUT2D eigenvalue weighted by molar-refractivity contribution is 5.36. The van der Waals surface area contributed by atoms with Crippen molar-refractivity contribution in [2.24, 2.45) is 5.41 Å². The first-order chi connectivity index (χ1) is 10.3. The average molecular weight is 302 g/mol. The lowest BCUT2D eigenvalue weighted by Gasteiger charge is -2.42. The van der Waals surface area contributed by atoms with Crippen LogP contribution in [-0.4, -0.2) is 23.4 Å². The largest absolute Gasteiger partial charge is 0.392 e. The van der Waals surface area contributed by atoms with Crippen LogP contribution in [0.4, 0.5) is 0 Å². The van der Waals surface area contributed by atoms with Crippen molar-refractivity contribution < 1.29 is 9.84 Å². The van der Waals surface area contributed by atoms with E-state index >= 15 is 0 Å². The Morgan fingerprint density at radius 1 is 1.32 bits per heavy atom. The van der Waals surface area contributed by atoms with Crippen LogP contribution in [0, 0.1) is 5.41 Å². The molecule has 2 nitrogen and oxygen atoms in total. The van der Waals surface area contributed by atoms with Crippen molar-refractivity contribution in [2.45, 2.75) is 65.6 Å². The first-order valence-electron chi connectivity index (χ1n) is 8.31. The number of aliphatic hydroxyl groups is 1. The standard InChI is InChI=1S/C20H30O2/c1-15(10-13-21)8-6-9-16(2)17-14-18-19(3,4)11-7-12-20(18,5)22-17/h6,8-10,14,17,21H,7,11-13H2,1-5H3/b8-6+,15-10+,16-9+/t17-,20+/m0/s1. The third-order valence-corrected chi connectivity index (χ3v) is 5.04. The maximum Gasteiger partial charge on any atom is 0.0982 e. The predicted molar refractivity (Wildman–Crippen MR) is 92.7 cm³/mol. The summed E-state index contributed by atoms with van der Waals surface area (Å²) in [6, 6.07) is 0. The molecule has 0 aromatic carbocycles. The molecule has 1 fully saturated rings. The quantitative estimate of drug-likeness (QED) is 0.601. The summed E-state index contributed by atoms with van der Waals surface area (Å²) < 4.78 is 6.41. The average Bonchev–Trinajstić information content (AvgIpc) is 2.78. The molecule has 1 heterocycles. The number of rotatable bonds is 4. The SMILES string of the molecule is CC(/C=C/C=C(\C)[C@@H]1C=C2C(C)(C)CCC[C@@]2(C)O1)=C\CO. The fourth-order valence-corrected chi connectivity index (χ4v) is 3.73. The lowest BCUT2D eigenvalue weighted by Crippen LogP contribution is -2.39. The molecule has 0 radical (unpaired) electrons. The molecular formula is C20H30O2. The smallest absolute Gasteiger partial charge is 0.0982 e. The van der Waals surface area contributed by atoms with E-state index in [-0.39, 0.29) is 23.7 Å². The van der Waals surface area contributed by atoms with Gasteiger partial charge in [0.25, 0.3) is 0 Å². The lowest BCUT2D eigenvalue weighted by molar-refractivity contribution is -0.0307. The Balaban J connectivity index is 2.14. The summed E-state index contributed by atoms with van der Waals surface area (Å²) in [4.78, 5) is 0. The molecule has 122 valence electrons. The van der Waals surface area contributed by atoms with Crippen molar-refractivity contribution in [3.63, 3.8) is 0 Å². The molecule has 1 aliphatic carbocycles. The second-order valence-corrected chi connectivity index (χ2v) is 7.49. The van der Waals surface area contributed by atoms with Gasteiger partial charge in [-0.3, -0.25) is 0 Å². The minimum atomic E-state index is -0.0854. The van der Waals surface area contributed by atoms with Crippen molar-refractivity contribution in [3.8, 4) is 0 Å². The fraction of sp³-hybridized carbons (Fsp3) is 0.600. The van der Waals surface area contributed by atoms with Crippen LogP contribution in [0.15, 0.2) is 47.1 Å². The Morgan fingerprint density at radius 2 is 2.05 bits per heavy atom. The van der Waals surface area contributed by atoms with Gasteiger partial charge in [0.05, 0.1) is 18.3 Å². The van der Waals surface area contributed by atoms with E-state index < -0.39 is 0 Å². The summed E-state index contributed by atoms with van der Waals surface area (Å²) in [6.45, 7) is 11.1. The Kier molecular flexibility index (Phi) is 5.14. The molecule has 1 saturated carbocycles. The monoisotopic (exact) mass is 302 g/mol. The van der Waals surface area contributed by atoms with Crippen LogP contribution in [0.25, 0.3) is 0 Å². The van der Waals surface area contributed by atoms with Crippen molar-refractivity contribution in [3.05, 3.63) is 47.1 Å². The van der Waals surface area contributed by atoms with Gasteiger partial charge in [0.15, 0.2) is 0 Å². The third-order valence-electron chi connectivity index (χ3n) is 5.04. The maximum absolute atomic E-state index is 8.86. The van der Waals surface area contributed by atoms with Crippen LogP contribution < -0.4 is 0 Å². The normalized spacial score (nSPS) is 32.3. The molecule has 0 aromatic rings. The molecule has 1 aliphatic heterocycles. The molecule has 0 unspecified atom stereocenters. The highest BCUT2D eigenvalue weighted by Gasteiger charge is 2.47. The summed E-state index contributed by atoms with van der Waals surface area (Å²) >= 11 is 0. The van der Waals surface area contributed by atoms with Gasteiger partial charge in [0.2, 0.25) is 0 Å². The van der Waals surface area contributed by atoms with E-state index in [0.29, 0.717) is 0 Å². The van der Waals surface area contributed by atoms with E-state index in [4.69, 9.17) is 9.84 Å². The fourth-order valence-electron chi connectivity index (χ4n) is 3.73. The molecule has 0 amide bonds. The van der Waals surface area contributed by atoms with Crippen LogP contribution >= 0.6 is 0 Å². The summed E-state index contributed by atoms with van der Waals surface area (Å²) in [7, 11) is 0. The second kappa shape index (κ2) is 6.55. The molecule has 0 aromatic heterocycles. The van der Waals surface area contributed by atoms with E-state index in [1.165, 1.54) is 24.0 Å². The predicted octanol–water partition coefficient (Wildman–Crippen LogP) is 4.72. The lowest BCUT2D eigenvalue weighted by atomic mass is 9.67. The highest BCUT2D eigenvalue weighted by atomic mass is 16.5. The van der Waals surface area contributed by atoms with Gasteiger partial charge >= 0.3 is 0 Å². The number of fused-ring (bicyclic) bond motifs is 1. The molecule has 0 spiro atoms. The molecule has 2 rings (SSSR count). The zero-order valence-electron chi connectivity index (χ0n) is 14.6. The Bertz CT molecular complexity index is 534. The number of allylic oxidation sites excluding steroid dienone is 4. The van der Waals surface area contributed by atoms with E-state index in [0.717, 1.165) is 12.0 Å². The van der Waals surface area contributed by atoms with Gasteiger partial charge < -0.3 is 9.84 Å². The number of ether oxygens (including phenoxy) is 1. The Hall–Kier alpha value is -1.12. The maximum atomic E-state index is 8.86. The first-order valence-corrected chi connectivity index (χ1v) is 8.31. The minimum absolute atomic E-state index is 0.0854. The molecular weight excluding hydrogens is 272 g/mol. The van der Waals surface area contributed by atoms with E-state index in [9.17, 15) is 0 Å². The van der Waals surface area contributed by atoms with E-state index in [1.807, 2.05) is 19.1 Å². The van der Waals surface area contributed by atoms with Gasteiger partial charge in [-0.05, 0) is 62.7 Å². The summed E-state index contributed by atoms with van der Waals surface area (Å²) in [6.07, 6.45) is 14.0. The van der Waals surface area contributed by atoms with Crippen molar-refractivity contribution in [1.82, 2.24) is 0 Å². The zero-order valence-corrected chi connectivity index (χ0v) is 14.6. The van der Waals surface area contributed by atoms with Gasteiger partial charge in [-0.2, -0.15) is 0 Å². The van der Waals surface area contributed by atoms with Crippen LogP contribution in [0.2, 0.25) is 0 Å². The number of hydrogen-bond acceptors (Lipinski definition) is 2. The molecule has 0 bridgehead atoms. The molecule has 2 heteroatoms. The summed E-state index contributed by atoms with van der Waals surface area (Å²) in [5.41, 5.74) is 3.94. The van der Waals surface area contributed by atoms with Crippen LogP contribution in [0.5, 0.6) is 0 Å². The number of hydrogen-bond donors (Lipinski definition) is 1. The van der Waals surface area contributed by atoms with Crippen molar-refractivity contribution >= 4 is 0 Å². The molecule has 2 atom stereocenters. The minimum Gasteiger partial charge on any atom is -0.392 e. The molecule has 2 aliphatic rings. The Labute approximate surface area is 135 Å². The van der Waals surface area contributed by atoms with E-state index in [2.05, 4.69) is 39.8 Å². The van der Waals surface area contributed by atoms with Gasteiger partial charge in [-0.1, -0.05) is 43.7 Å². The molecule has 0 saturated heterocycles.